The number of hydrogen-bond donors (Lipinski definition) is 2. The van der Waals surface area contributed by atoms with Crippen LogP contribution in [0.15, 0.2) is 17.0 Å². The van der Waals surface area contributed by atoms with Gasteiger partial charge in [0.1, 0.15) is 0 Å². The van der Waals surface area contributed by atoms with Crippen molar-refractivity contribution in [3.63, 3.8) is 0 Å². The molecule has 1 aromatic carbocycles. The van der Waals surface area contributed by atoms with Crippen molar-refractivity contribution in [2.75, 3.05) is 20.1 Å². The van der Waals surface area contributed by atoms with Crippen LogP contribution in [0.3, 0.4) is 0 Å². The smallest absolute Gasteiger partial charge is 0.243 e. The first-order valence-electron chi connectivity index (χ1n) is 6.70. The number of nitrogens with zero attached hydrogens (tertiary/aromatic N) is 1. The van der Waals surface area contributed by atoms with E-state index < -0.39 is 22.2 Å². The third kappa shape index (κ3) is 2.61. The first-order chi connectivity index (χ1) is 9.25. The van der Waals surface area contributed by atoms with Crippen LogP contribution in [0.4, 0.5) is 0 Å². The zero-order valence-corrected chi connectivity index (χ0v) is 13.2. The van der Waals surface area contributed by atoms with Crippen LogP contribution in [0.1, 0.15) is 16.7 Å². The number of hydrogen-bond acceptors (Lipinski definition) is 4. The molecule has 1 aliphatic heterocycles. The van der Waals surface area contributed by atoms with Gasteiger partial charge in [-0.3, -0.25) is 0 Å². The summed E-state index contributed by atoms with van der Waals surface area (Å²) in [7, 11) is -2.06. The molecule has 0 saturated carbocycles. The van der Waals surface area contributed by atoms with Crippen molar-refractivity contribution >= 4 is 10.0 Å². The van der Waals surface area contributed by atoms with Crippen LogP contribution in [0.25, 0.3) is 0 Å². The Balaban J connectivity index is 2.45. The quantitative estimate of drug-likeness (QED) is 0.856. The zero-order valence-electron chi connectivity index (χ0n) is 12.3. The van der Waals surface area contributed by atoms with Gasteiger partial charge in [-0.15, -0.1) is 0 Å². The molecule has 1 fully saturated rings. The minimum absolute atomic E-state index is 0.352. The minimum atomic E-state index is -3.60. The van der Waals surface area contributed by atoms with Crippen LogP contribution < -0.4 is 5.32 Å². The van der Waals surface area contributed by atoms with Crippen molar-refractivity contribution in [3.8, 4) is 0 Å². The van der Waals surface area contributed by atoms with E-state index in [0.29, 0.717) is 18.0 Å². The van der Waals surface area contributed by atoms with Crippen LogP contribution in [0.5, 0.6) is 0 Å². The van der Waals surface area contributed by atoms with E-state index in [1.165, 1.54) is 11.4 Å². The maximum Gasteiger partial charge on any atom is 0.243 e. The van der Waals surface area contributed by atoms with E-state index >= 15 is 0 Å². The highest BCUT2D eigenvalue weighted by atomic mass is 32.2. The zero-order chi connectivity index (χ0) is 15.1. The maximum atomic E-state index is 12.8. The summed E-state index contributed by atoms with van der Waals surface area (Å²) in [5.41, 5.74) is 2.54. The highest BCUT2D eigenvalue weighted by Crippen LogP contribution is 2.26. The number of likely N-dealkylation sites (N-methyl/N-ethyl adjacent to an activating group) is 1. The molecule has 2 atom stereocenters. The number of aryl methyl sites for hydroxylation is 3. The van der Waals surface area contributed by atoms with Crippen LogP contribution in [0, 0.1) is 20.8 Å². The largest absolute Gasteiger partial charge is 0.390 e. The fourth-order valence-electron chi connectivity index (χ4n) is 2.92. The van der Waals surface area contributed by atoms with Crippen molar-refractivity contribution in [1.82, 2.24) is 9.62 Å². The Hall–Kier alpha value is -0.950. The molecule has 0 aliphatic carbocycles. The van der Waals surface area contributed by atoms with E-state index in [1.807, 2.05) is 32.9 Å². The van der Waals surface area contributed by atoms with Crippen molar-refractivity contribution < 1.29 is 13.5 Å². The Morgan fingerprint density at radius 1 is 1.20 bits per heavy atom. The van der Waals surface area contributed by atoms with Gasteiger partial charge in [0.05, 0.1) is 17.0 Å². The fraction of sp³-hybridized carbons (Fsp3) is 0.571. The Kier molecular flexibility index (Phi) is 4.20. The number of benzene rings is 1. The summed E-state index contributed by atoms with van der Waals surface area (Å²) in [6, 6.07) is 3.33. The third-order valence-corrected chi connectivity index (χ3v) is 6.05. The summed E-state index contributed by atoms with van der Waals surface area (Å²) in [6.45, 7) is 6.47. The highest BCUT2D eigenvalue weighted by Gasteiger charge is 2.36. The molecule has 2 rings (SSSR count). The van der Waals surface area contributed by atoms with Crippen LogP contribution in [-0.4, -0.2) is 50.1 Å². The second-order valence-corrected chi connectivity index (χ2v) is 7.48. The Bertz CT molecular complexity index is 590. The molecule has 1 aliphatic rings. The molecular weight excluding hydrogens is 276 g/mol. The third-order valence-electron chi connectivity index (χ3n) is 3.86. The van der Waals surface area contributed by atoms with Gasteiger partial charge < -0.3 is 10.4 Å². The van der Waals surface area contributed by atoms with E-state index in [-0.39, 0.29) is 0 Å². The molecule has 0 radical (unpaired) electrons. The Labute approximate surface area is 120 Å². The van der Waals surface area contributed by atoms with E-state index in [0.717, 1.165) is 16.7 Å². The second-order valence-electron chi connectivity index (χ2n) is 5.54. The molecular formula is C14H22N2O3S. The van der Waals surface area contributed by atoms with E-state index in [9.17, 15) is 13.5 Å². The first-order valence-corrected chi connectivity index (χ1v) is 8.14. The number of aliphatic hydroxyl groups is 1. The molecule has 0 unspecified atom stereocenters. The van der Waals surface area contributed by atoms with Gasteiger partial charge in [-0.1, -0.05) is 17.7 Å². The average Bonchev–Trinajstić information content (AvgIpc) is 2.72. The second kappa shape index (κ2) is 5.44. The summed E-state index contributed by atoms with van der Waals surface area (Å²) in [6.07, 6.45) is -0.666. The molecule has 1 heterocycles. The van der Waals surface area contributed by atoms with Crippen molar-refractivity contribution in [1.29, 1.82) is 0 Å². The summed E-state index contributed by atoms with van der Waals surface area (Å²) >= 11 is 0. The predicted molar refractivity (Wildman–Crippen MR) is 78.3 cm³/mol. The predicted octanol–water partition coefficient (Wildman–Crippen LogP) is 0.565. The lowest BCUT2D eigenvalue weighted by atomic mass is 10.1. The van der Waals surface area contributed by atoms with Gasteiger partial charge in [-0.25, -0.2) is 8.42 Å². The molecule has 0 aromatic heterocycles. The number of aliphatic hydroxyl groups excluding tert-OH is 1. The van der Waals surface area contributed by atoms with E-state index in [1.54, 1.807) is 0 Å². The van der Waals surface area contributed by atoms with Crippen LogP contribution >= 0.6 is 0 Å². The fourth-order valence-corrected chi connectivity index (χ4v) is 4.71. The lowest BCUT2D eigenvalue weighted by Gasteiger charge is -2.27. The lowest BCUT2D eigenvalue weighted by Crippen LogP contribution is -2.44. The summed E-state index contributed by atoms with van der Waals surface area (Å²) < 4.78 is 26.9. The van der Waals surface area contributed by atoms with Gasteiger partial charge >= 0.3 is 0 Å². The van der Waals surface area contributed by atoms with Crippen molar-refractivity contribution in [2.45, 2.75) is 37.8 Å². The van der Waals surface area contributed by atoms with Crippen LogP contribution in [0.2, 0.25) is 0 Å². The molecule has 5 nitrogen and oxygen atoms in total. The first kappa shape index (κ1) is 15.4. The molecule has 0 amide bonds. The van der Waals surface area contributed by atoms with Gasteiger partial charge in [0.15, 0.2) is 0 Å². The normalized spacial score (nSPS) is 23.5. The standard InChI is InChI=1S/C14H22N2O3S/c1-9-5-10(2)14(11(3)6-9)20(18,19)16(4)12-7-15-8-13(12)17/h5-6,12-13,15,17H,7-8H2,1-4H3/t12-,13-/m1/s1. The summed E-state index contributed by atoms with van der Waals surface area (Å²) in [4.78, 5) is 0.352. The molecule has 0 bridgehead atoms. The molecule has 1 saturated heterocycles. The van der Waals surface area contributed by atoms with Gasteiger partial charge in [-0.2, -0.15) is 4.31 Å². The number of sulfonamides is 1. The Morgan fingerprint density at radius 2 is 1.75 bits per heavy atom. The summed E-state index contributed by atoms with van der Waals surface area (Å²) in [5, 5.41) is 12.9. The van der Waals surface area contributed by atoms with Gasteiger partial charge in [0, 0.05) is 20.1 Å². The van der Waals surface area contributed by atoms with Gasteiger partial charge in [0.2, 0.25) is 10.0 Å². The molecule has 6 heteroatoms. The summed E-state index contributed by atoms with van der Waals surface area (Å²) in [5.74, 6) is 0. The van der Waals surface area contributed by atoms with Crippen molar-refractivity contribution in [2.24, 2.45) is 0 Å². The van der Waals surface area contributed by atoms with Crippen LogP contribution in [-0.2, 0) is 10.0 Å². The van der Waals surface area contributed by atoms with E-state index in [2.05, 4.69) is 5.32 Å². The molecule has 112 valence electrons. The molecule has 0 spiro atoms. The SMILES string of the molecule is Cc1cc(C)c(S(=O)(=O)N(C)[C@@H]2CNC[C@H]2O)c(C)c1. The minimum Gasteiger partial charge on any atom is -0.390 e. The maximum absolute atomic E-state index is 12.8. The number of nitrogens with one attached hydrogen (secondary N) is 1. The van der Waals surface area contributed by atoms with Gasteiger partial charge in [0.25, 0.3) is 0 Å². The molecule has 2 N–H and O–H groups in total. The number of rotatable bonds is 3. The monoisotopic (exact) mass is 298 g/mol. The average molecular weight is 298 g/mol. The topological polar surface area (TPSA) is 69.6 Å². The number of β-amino-alcohol motifs (C(OH)–C–C–N with tert-alkyl or cyclic N) is 1. The van der Waals surface area contributed by atoms with Crippen molar-refractivity contribution in [3.05, 3.63) is 28.8 Å². The Morgan fingerprint density at radius 3 is 2.20 bits per heavy atom. The molecule has 20 heavy (non-hydrogen) atoms. The highest BCUT2D eigenvalue weighted by molar-refractivity contribution is 7.89. The van der Waals surface area contributed by atoms with E-state index in [4.69, 9.17) is 0 Å². The molecule has 1 aromatic rings. The lowest BCUT2D eigenvalue weighted by molar-refractivity contribution is 0.136. The van der Waals surface area contributed by atoms with Gasteiger partial charge in [-0.05, 0) is 31.9 Å².